The Morgan fingerprint density at radius 2 is 1.82 bits per heavy atom. The van der Waals surface area contributed by atoms with E-state index in [1.54, 1.807) is 35.6 Å². The number of carbonyl (C=O) groups is 2. The molecule has 0 unspecified atom stereocenters. The van der Waals surface area contributed by atoms with Crippen molar-refractivity contribution in [3.63, 3.8) is 0 Å². The maximum absolute atomic E-state index is 12.5. The summed E-state index contributed by atoms with van der Waals surface area (Å²) in [6.07, 6.45) is 1.81. The number of Topliss-reactive ketones (excluding diaryl/α,β-unsaturated/α-hetero) is 1. The second-order valence-corrected chi connectivity index (χ2v) is 5.06. The van der Waals surface area contributed by atoms with E-state index in [1.165, 1.54) is 6.92 Å². The first kappa shape index (κ1) is 14.0. The SMILES string of the molecule is CC(=O)c1ccc(NC(=O)c2c(C)nc3ccccn23)cc1. The Balaban J connectivity index is 1.90. The Bertz CT molecular complexity index is 863. The second kappa shape index (κ2) is 5.44. The number of aryl methyl sites for hydroxylation is 1. The van der Waals surface area contributed by atoms with Crippen molar-refractivity contribution >= 4 is 23.0 Å². The number of nitrogens with one attached hydrogen (secondary N) is 1. The van der Waals surface area contributed by atoms with Gasteiger partial charge in [0.1, 0.15) is 11.3 Å². The lowest BCUT2D eigenvalue weighted by molar-refractivity contribution is 0.101. The molecule has 110 valence electrons. The highest BCUT2D eigenvalue weighted by Crippen LogP contribution is 2.15. The molecule has 0 bridgehead atoms. The van der Waals surface area contributed by atoms with Gasteiger partial charge < -0.3 is 5.32 Å². The summed E-state index contributed by atoms with van der Waals surface area (Å²) in [5.74, 6) is -0.234. The lowest BCUT2D eigenvalue weighted by atomic mass is 10.1. The van der Waals surface area contributed by atoms with E-state index in [0.29, 0.717) is 22.6 Å². The minimum Gasteiger partial charge on any atom is -0.321 e. The summed E-state index contributed by atoms with van der Waals surface area (Å²) in [6.45, 7) is 3.32. The van der Waals surface area contributed by atoms with Gasteiger partial charge in [0.15, 0.2) is 5.78 Å². The molecule has 0 aliphatic heterocycles. The second-order valence-electron chi connectivity index (χ2n) is 5.06. The van der Waals surface area contributed by atoms with Crippen LogP contribution in [0, 0.1) is 6.92 Å². The zero-order chi connectivity index (χ0) is 15.7. The Hall–Kier alpha value is -2.95. The van der Waals surface area contributed by atoms with Crippen molar-refractivity contribution in [2.75, 3.05) is 5.32 Å². The minimum absolute atomic E-state index is 0.00416. The van der Waals surface area contributed by atoms with Crippen LogP contribution in [-0.4, -0.2) is 21.1 Å². The fourth-order valence-corrected chi connectivity index (χ4v) is 2.37. The number of hydrogen-bond acceptors (Lipinski definition) is 3. The summed E-state index contributed by atoms with van der Waals surface area (Å²) in [5.41, 5.74) is 3.16. The molecule has 1 amide bonds. The third-order valence-electron chi connectivity index (χ3n) is 3.47. The van der Waals surface area contributed by atoms with Crippen molar-refractivity contribution in [1.29, 1.82) is 0 Å². The molecule has 2 aromatic heterocycles. The minimum atomic E-state index is -0.230. The lowest BCUT2D eigenvalue weighted by Gasteiger charge is -2.06. The maximum atomic E-state index is 12.5. The summed E-state index contributed by atoms with van der Waals surface area (Å²) in [7, 11) is 0. The molecule has 5 heteroatoms. The van der Waals surface area contributed by atoms with E-state index in [-0.39, 0.29) is 11.7 Å². The highest BCUT2D eigenvalue weighted by atomic mass is 16.2. The van der Waals surface area contributed by atoms with Crippen LogP contribution < -0.4 is 5.32 Å². The number of nitrogens with zero attached hydrogens (tertiary/aromatic N) is 2. The molecule has 3 rings (SSSR count). The molecule has 22 heavy (non-hydrogen) atoms. The zero-order valence-corrected chi connectivity index (χ0v) is 12.3. The fraction of sp³-hybridized carbons (Fsp3) is 0.118. The van der Waals surface area contributed by atoms with E-state index in [2.05, 4.69) is 10.3 Å². The number of fused-ring (bicyclic) bond motifs is 1. The van der Waals surface area contributed by atoms with Gasteiger partial charge in [-0.05, 0) is 50.2 Å². The van der Waals surface area contributed by atoms with Gasteiger partial charge in [-0.15, -0.1) is 0 Å². The number of pyridine rings is 1. The number of imidazole rings is 1. The molecule has 0 atom stereocenters. The molecule has 0 aliphatic rings. The van der Waals surface area contributed by atoms with Crippen molar-refractivity contribution in [3.05, 3.63) is 65.6 Å². The van der Waals surface area contributed by atoms with E-state index < -0.39 is 0 Å². The van der Waals surface area contributed by atoms with Crippen LogP contribution in [0.1, 0.15) is 33.5 Å². The molecule has 5 nitrogen and oxygen atoms in total. The summed E-state index contributed by atoms with van der Waals surface area (Å²) in [6, 6.07) is 12.4. The van der Waals surface area contributed by atoms with Crippen LogP contribution in [0.2, 0.25) is 0 Å². The lowest BCUT2D eigenvalue weighted by Crippen LogP contribution is -2.15. The highest BCUT2D eigenvalue weighted by Gasteiger charge is 2.16. The quantitative estimate of drug-likeness (QED) is 0.755. The first-order chi connectivity index (χ1) is 10.6. The molecule has 1 N–H and O–H groups in total. The Kier molecular flexibility index (Phi) is 3.47. The van der Waals surface area contributed by atoms with Crippen LogP contribution in [0.5, 0.6) is 0 Å². The molecule has 2 heterocycles. The van der Waals surface area contributed by atoms with Crippen molar-refractivity contribution in [2.45, 2.75) is 13.8 Å². The van der Waals surface area contributed by atoms with Crippen molar-refractivity contribution < 1.29 is 9.59 Å². The molecule has 0 saturated carbocycles. The Morgan fingerprint density at radius 3 is 2.50 bits per heavy atom. The van der Waals surface area contributed by atoms with Crippen LogP contribution in [-0.2, 0) is 0 Å². The predicted molar refractivity (Wildman–Crippen MR) is 84.3 cm³/mol. The van der Waals surface area contributed by atoms with Gasteiger partial charge in [-0.2, -0.15) is 0 Å². The van der Waals surface area contributed by atoms with E-state index in [4.69, 9.17) is 0 Å². The van der Waals surface area contributed by atoms with Crippen LogP contribution in [0.3, 0.4) is 0 Å². The number of hydrogen-bond donors (Lipinski definition) is 1. The molecule has 0 saturated heterocycles. The van der Waals surface area contributed by atoms with Crippen LogP contribution in [0.4, 0.5) is 5.69 Å². The molecule has 0 spiro atoms. The van der Waals surface area contributed by atoms with Crippen LogP contribution in [0.25, 0.3) is 5.65 Å². The standard InChI is InChI=1S/C17H15N3O2/c1-11-16(20-10-4-3-5-15(20)18-11)17(22)19-14-8-6-13(7-9-14)12(2)21/h3-10H,1-2H3,(H,19,22). The van der Waals surface area contributed by atoms with Gasteiger partial charge >= 0.3 is 0 Å². The average Bonchev–Trinajstić information content (AvgIpc) is 2.83. The van der Waals surface area contributed by atoms with E-state index >= 15 is 0 Å². The van der Waals surface area contributed by atoms with Gasteiger partial charge in [0.25, 0.3) is 5.91 Å². The predicted octanol–water partition coefficient (Wildman–Crippen LogP) is 3.10. The Morgan fingerprint density at radius 1 is 1.09 bits per heavy atom. The smallest absolute Gasteiger partial charge is 0.274 e. The van der Waals surface area contributed by atoms with Crippen molar-refractivity contribution in [1.82, 2.24) is 9.38 Å². The molecule has 0 radical (unpaired) electrons. The Labute approximate surface area is 127 Å². The number of ketones is 1. The summed E-state index contributed by atoms with van der Waals surface area (Å²) in [4.78, 5) is 28.1. The van der Waals surface area contributed by atoms with Gasteiger partial charge in [-0.3, -0.25) is 14.0 Å². The van der Waals surface area contributed by atoms with Crippen molar-refractivity contribution in [3.8, 4) is 0 Å². The summed E-state index contributed by atoms with van der Waals surface area (Å²) >= 11 is 0. The third-order valence-corrected chi connectivity index (χ3v) is 3.47. The number of benzene rings is 1. The maximum Gasteiger partial charge on any atom is 0.274 e. The molecule has 0 aliphatic carbocycles. The van der Waals surface area contributed by atoms with Crippen LogP contribution in [0.15, 0.2) is 48.7 Å². The van der Waals surface area contributed by atoms with E-state index in [0.717, 1.165) is 5.65 Å². The van der Waals surface area contributed by atoms with Gasteiger partial charge in [-0.25, -0.2) is 4.98 Å². The summed E-state index contributed by atoms with van der Waals surface area (Å²) < 4.78 is 1.76. The normalized spacial score (nSPS) is 10.6. The first-order valence-corrected chi connectivity index (χ1v) is 6.92. The zero-order valence-electron chi connectivity index (χ0n) is 12.3. The van der Waals surface area contributed by atoms with Gasteiger partial charge in [0.2, 0.25) is 0 Å². The monoisotopic (exact) mass is 293 g/mol. The molecular weight excluding hydrogens is 278 g/mol. The average molecular weight is 293 g/mol. The van der Waals surface area contributed by atoms with Gasteiger partial charge in [0, 0.05) is 17.4 Å². The van der Waals surface area contributed by atoms with Gasteiger partial charge in [-0.1, -0.05) is 6.07 Å². The topological polar surface area (TPSA) is 63.5 Å². The number of amides is 1. The van der Waals surface area contributed by atoms with Gasteiger partial charge in [0.05, 0.1) is 5.69 Å². The number of carbonyl (C=O) groups excluding carboxylic acids is 2. The largest absolute Gasteiger partial charge is 0.321 e. The molecule has 0 fully saturated rings. The summed E-state index contributed by atoms with van der Waals surface area (Å²) in [5, 5.41) is 2.83. The first-order valence-electron chi connectivity index (χ1n) is 6.92. The number of rotatable bonds is 3. The number of aromatic nitrogens is 2. The number of anilines is 1. The van der Waals surface area contributed by atoms with Crippen LogP contribution >= 0.6 is 0 Å². The molecule has 3 aromatic rings. The van der Waals surface area contributed by atoms with Crippen molar-refractivity contribution in [2.24, 2.45) is 0 Å². The molecular formula is C17H15N3O2. The molecule has 1 aromatic carbocycles. The third kappa shape index (κ3) is 2.48. The van der Waals surface area contributed by atoms with E-state index in [1.807, 2.05) is 24.4 Å². The van der Waals surface area contributed by atoms with E-state index in [9.17, 15) is 9.59 Å². The fourth-order valence-electron chi connectivity index (χ4n) is 2.37. The highest BCUT2D eigenvalue weighted by molar-refractivity contribution is 6.04.